The number of nitriles is 1. The van der Waals surface area contributed by atoms with Crippen LogP contribution in [0.2, 0.25) is 0 Å². The predicted octanol–water partition coefficient (Wildman–Crippen LogP) is 1.18. The fraction of sp³-hybridized carbons (Fsp3) is 0.889. The third-order valence-electron chi connectivity index (χ3n) is 2.74. The topological polar surface area (TPSA) is 68.3 Å². The zero-order valence-corrected chi connectivity index (χ0v) is 7.74. The molecule has 4 nitrogen and oxygen atoms in total. The maximum Gasteiger partial charge on any atom is 0.286 e. The van der Waals surface area contributed by atoms with E-state index in [2.05, 4.69) is 4.84 Å². The lowest BCUT2D eigenvalue weighted by Gasteiger charge is -2.29. The third-order valence-corrected chi connectivity index (χ3v) is 2.74. The van der Waals surface area contributed by atoms with Gasteiger partial charge in [-0.1, -0.05) is 12.8 Å². The van der Waals surface area contributed by atoms with Crippen molar-refractivity contribution in [2.75, 3.05) is 13.2 Å². The number of hydrogen-bond acceptors (Lipinski definition) is 4. The van der Waals surface area contributed by atoms with Gasteiger partial charge in [0, 0.05) is 0 Å². The van der Waals surface area contributed by atoms with Crippen molar-refractivity contribution in [2.45, 2.75) is 25.7 Å². The summed E-state index contributed by atoms with van der Waals surface area (Å²) < 4.78 is 4.76. The van der Waals surface area contributed by atoms with Crippen molar-refractivity contribution in [1.82, 2.24) is 0 Å². The molecule has 0 saturated heterocycles. The molecule has 2 N–H and O–H groups in total. The number of nitrogens with zero attached hydrogens (tertiary/aromatic N) is 1. The van der Waals surface area contributed by atoms with Gasteiger partial charge in [0.05, 0.1) is 6.61 Å². The van der Waals surface area contributed by atoms with Crippen molar-refractivity contribution in [1.29, 1.82) is 5.26 Å². The standard InChI is InChI=1S/C9H16N2O2/c10-7-12-5-8-3-1-2-4-9(8)6-13-11/h8-9H,1-6,11H2. The summed E-state index contributed by atoms with van der Waals surface area (Å²) in [6.45, 7) is 1.10. The van der Waals surface area contributed by atoms with Gasteiger partial charge in [-0.25, -0.2) is 5.90 Å². The van der Waals surface area contributed by atoms with E-state index in [4.69, 9.17) is 15.9 Å². The molecule has 1 fully saturated rings. The van der Waals surface area contributed by atoms with Crippen molar-refractivity contribution < 1.29 is 9.57 Å². The fourth-order valence-electron chi connectivity index (χ4n) is 1.99. The van der Waals surface area contributed by atoms with E-state index in [0.717, 1.165) is 12.8 Å². The van der Waals surface area contributed by atoms with Crippen LogP contribution in [0, 0.1) is 23.4 Å². The molecule has 0 aromatic heterocycles. The Morgan fingerprint density at radius 2 is 1.85 bits per heavy atom. The summed E-state index contributed by atoms with van der Waals surface area (Å²) >= 11 is 0. The molecule has 0 amide bonds. The van der Waals surface area contributed by atoms with Crippen molar-refractivity contribution >= 4 is 0 Å². The maximum absolute atomic E-state index is 8.28. The largest absolute Gasteiger partial charge is 0.427 e. The quantitative estimate of drug-likeness (QED) is 0.526. The molecule has 0 aromatic rings. The first kappa shape index (κ1) is 10.3. The normalized spacial score (nSPS) is 28.0. The first-order valence-corrected chi connectivity index (χ1v) is 4.71. The summed E-state index contributed by atoms with van der Waals surface area (Å²) in [4.78, 5) is 4.65. The lowest BCUT2D eigenvalue weighted by atomic mass is 9.80. The van der Waals surface area contributed by atoms with Gasteiger partial charge in [-0.15, -0.1) is 0 Å². The molecule has 0 aliphatic heterocycles. The Labute approximate surface area is 78.6 Å². The Kier molecular flexibility index (Phi) is 4.58. The Morgan fingerprint density at radius 1 is 1.23 bits per heavy atom. The van der Waals surface area contributed by atoms with E-state index in [1.807, 2.05) is 0 Å². The fourth-order valence-corrected chi connectivity index (χ4v) is 1.99. The van der Waals surface area contributed by atoms with E-state index in [1.54, 1.807) is 6.26 Å². The molecule has 1 rings (SSSR count). The molecule has 0 spiro atoms. The summed E-state index contributed by atoms with van der Waals surface area (Å²) in [5.74, 6) is 5.95. The van der Waals surface area contributed by atoms with Crippen LogP contribution in [0.25, 0.3) is 0 Å². The highest BCUT2D eigenvalue weighted by Crippen LogP contribution is 2.30. The van der Waals surface area contributed by atoms with Crippen molar-refractivity contribution in [2.24, 2.45) is 17.7 Å². The van der Waals surface area contributed by atoms with E-state index in [1.165, 1.54) is 12.8 Å². The Hall–Kier alpha value is -0.790. The van der Waals surface area contributed by atoms with E-state index in [0.29, 0.717) is 25.0 Å². The number of nitrogens with two attached hydrogens (primary N) is 1. The number of ether oxygens (including phenoxy) is 1. The molecular weight excluding hydrogens is 168 g/mol. The molecule has 0 heterocycles. The molecule has 2 unspecified atom stereocenters. The Morgan fingerprint density at radius 3 is 2.38 bits per heavy atom. The molecule has 1 saturated carbocycles. The average molecular weight is 184 g/mol. The molecule has 13 heavy (non-hydrogen) atoms. The van der Waals surface area contributed by atoms with Gasteiger partial charge in [-0.2, -0.15) is 5.26 Å². The predicted molar refractivity (Wildman–Crippen MR) is 47.2 cm³/mol. The minimum absolute atomic E-state index is 0.442. The molecule has 1 aliphatic carbocycles. The lowest BCUT2D eigenvalue weighted by Crippen LogP contribution is -2.28. The molecule has 74 valence electrons. The van der Waals surface area contributed by atoms with Crippen LogP contribution < -0.4 is 5.90 Å². The monoisotopic (exact) mass is 184 g/mol. The SMILES string of the molecule is N#COCC1CCCCC1CON. The van der Waals surface area contributed by atoms with Crippen LogP contribution in [-0.2, 0) is 9.57 Å². The summed E-state index contributed by atoms with van der Waals surface area (Å²) in [5, 5.41) is 8.28. The first-order chi connectivity index (χ1) is 6.38. The van der Waals surface area contributed by atoms with E-state index < -0.39 is 0 Å². The van der Waals surface area contributed by atoms with Gasteiger partial charge >= 0.3 is 0 Å². The summed E-state index contributed by atoms with van der Waals surface area (Å²) in [6, 6.07) is 0. The minimum Gasteiger partial charge on any atom is -0.427 e. The summed E-state index contributed by atoms with van der Waals surface area (Å²) in [7, 11) is 0. The van der Waals surface area contributed by atoms with Crippen LogP contribution in [-0.4, -0.2) is 13.2 Å². The van der Waals surface area contributed by atoms with Crippen molar-refractivity contribution in [3.63, 3.8) is 0 Å². The van der Waals surface area contributed by atoms with Gasteiger partial charge in [0.25, 0.3) is 6.26 Å². The molecule has 0 aromatic carbocycles. The average Bonchev–Trinajstić information content (AvgIpc) is 2.17. The molecule has 1 aliphatic rings. The zero-order chi connectivity index (χ0) is 9.52. The van der Waals surface area contributed by atoms with Gasteiger partial charge in [0.2, 0.25) is 0 Å². The van der Waals surface area contributed by atoms with Crippen LogP contribution in [0.1, 0.15) is 25.7 Å². The highest BCUT2D eigenvalue weighted by molar-refractivity contribution is 4.75. The second kappa shape index (κ2) is 5.79. The van der Waals surface area contributed by atoms with Crippen molar-refractivity contribution in [3.05, 3.63) is 0 Å². The summed E-state index contributed by atoms with van der Waals surface area (Å²) in [5.41, 5.74) is 0. The Balaban J connectivity index is 2.33. The van der Waals surface area contributed by atoms with Gasteiger partial charge in [-0.3, -0.25) is 0 Å². The van der Waals surface area contributed by atoms with Gasteiger partial charge < -0.3 is 9.57 Å². The Bertz CT molecular complexity index is 177. The molecule has 0 bridgehead atoms. The second-order valence-corrected chi connectivity index (χ2v) is 3.54. The van der Waals surface area contributed by atoms with E-state index in [9.17, 15) is 0 Å². The van der Waals surface area contributed by atoms with Crippen LogP contribution in [0.15, 0.2) is 0 Å². The highest BCUT2D eigenvalue weighted by Gasteiger charge is 2.25. The van der Waals surface area contributed by atoms with Gasteiger partial charge in [-0.05, 0) is 24.7 Å². The first-order valence-electron chi connectivity index (χ1n) is 4.71. The summed E-state index contributed by atoms with van der Waals surface area (Å²) in [6.07, 6.45) is 6.42. The molecule has 4 heteroatoms. The van der Waals surface area contributed by atoms with Crippen LogP contribution in [0.3, 0.4) is 0 Å². The van der Waals surface area contributed by atoms with Crippen molar-refractivity contribution in [3.8, 4) is 6.26 Å². The van der Waals surface area contributed by atoms with E-state index in [-0.39, 0.29) is 0 Å². The van der Waals surface area contributed by atoms with Crippen LogP contribution in [0.4, 0.5) is 0 Å². The highest BCUT2D eigenvalue weighted by atomic mass is 16.6. The number of hydrogen-bond donors (Lipinski definition) is 1. The smallest absolute Gasteiger partial charge is 0.286 e. The number of rotatable bonds is 4. The van der Waals surface area contributed by atoms with Gasteiger partial charge in [0.1, 0.15) is 6.61 Å². The zero-order valence-electron chi connectivity index (χ0n) is 7.74. The van der Waals surface area contributed by atoms with Crippen LogP contribution >= 0.6 is 0 Å². The minimum atomic E-state index is 0.442. The molecule has 0 radical (unpaired) electrons. The second-order valence-electron chi connectivity index (χ2n) is 3.54. The molecular formula is C9H16N2O2. The molecule has 2 atom stereocenters. The van der Waals surface area contributed by atoms with E-state index >= 15 is 0 Å². The maximum atomic E-state index is 8.28. The third kappa shape index (κ3) is 3.21. The lowest BCUT2D eigenvalue weighted by molar-refractivity contribution is 0.0375. The van der Waals surface area contributed by atoms with Gasteiger partial charge in [0.15, 0.2) is 0 Å². The van der Waals surface area contributed by atoms with Crippen LogP contribution in [0.5, 0.6) is 0 Å².